The highest BCUT2D eigenvalue weighted by molar-refractivity contribution is 8.01. The number of thioether (sulfide) groups is 1. The number of carbonyl (C=O) groups excluding carboxylic acids is 3. The van der Waals surface area contributed by atoms with Crippen LogP contribution in [0.2, 0.25) is 0 Å². The van der Waals surface area contributed by atoms with Crippen molar-refractivity contribution in [2.45, 2.75) is 38.3 Å². The van der Waals surface area contributed by atoms with Crippen molar-refractivity contribution in [2.24, 2.45) is 11.3 Å². The van der Waals surface area contributed by atoms with Crippen LogP contribution in [-0.4, -0.2) is 58.0 Å². The van der Waals surface area contributed by atoms with Gasteiger partial charge in [0.25, 0.3) is 0 Å². The van der Waals surface area contributed by atoms with E-state index in [0.717, 1.165) is 0 Å². The first kappa shape index (κ1) is 25.2. The molecule has 9 nitrogen and oxygen atoms in total. The van der Waals surface area contributed by atoms with E-state index in [1.54, 1.807) is 25.1 Å². The molecule has 1 saturated heterocycles. The number of aromatic nitrogens is 1. The number of pyridine rings is 1. The number of ether oxygens (including phenoxy) is 1. The first-order chi connectivity index (χ1) is 15.1. The lowest BCUT2D eigenvalue weighted by Gasteiger charge is -2.24. The van der Waals surface area contributed by atoms with Crippen molar-refractivity contribution in [3.63, 3.8) is 0 Å². The van der Waals surface area contributed by atoms with Crippen LogP contribution in [0.3, 0.4) is 0 Å². The summed E-state index contributed by atoms with van der Waals surface area (Å²) in [6, 6.07) is 7.14. The van der Waals surface area contributed by atoms with Gasteiger partial charge in [-0.2, -0.15) is 5.26 Å². The molecular weight excluding hydrogens is 430 g/mol. The van der Waals surface area contributed by atoms with Crippen molar-refractivity contribution < 1.29 is 19.1 Å². The summed E-state index contributed by atoms with van der Waals surface area (Å²) in [4.78, 5) is 43.2. The van der Waals surface area contributed by atoms with Gasteiger partial charge in [-0.3, -0.25) is 14.4 Å². The molecule has 2 amide bonds. The SMILES string of the molecule is C=CCOC(=O)[C@@H](C#N)C1S[C@H](CNc2cccc(NC(=O)C(C)(C)C)n2)C(=O)N1CC. The Kier molecular flexibility index (Phi) is 8.66. The molecule has 2 rings (SSSR count). The summed E-state index contributed by atoms with van der Waals surface area (Å²) in [6.45, 7) is 11.3. The van der Waals surface area contributed by atoms with E-state index in [1.807, 2.05) is 26.8 Å². The number of esters is 1. The van der Waals surface area contributed by atoms with Gasteiger partial charge < -0.3 is 20.3 Å². The molecule has 1 aliphatic heterocycles. The number of nitrogens with one attached hydrogen (secondary N) is 2. The van der Waals surface area contributed by atoms with Crippen molar-refractivity contribution >= 4 is 41.2 Å². The van der Waals surface area contributed by atoms with Gasteiger partial charge in [0.2, 0.25) is 11.8 Å². The first-order valence-corrected chi connectivity index (χ1v) is 11.2. The molecule has 0 aliphatic carbocycles. The number of nitriles is 1. The van der Waals surface area contributed by atoms with Crippen LogP contribution in [0, 0.1) is 22.7 Å². The van der Waals surface area contributed by atoms with Gasteiger partial charge in [0.05, 0.1) is 6.07 Å². The number of amides is 2. The number of hydrogen-bond donors (Lipinski definition) is 2. The van der Waals surface area contributed by atoms with E-state index in [4.69, 9.17) is 4.74 Å². The van der Waals surface area contributed by atoms with Gasteiger partial charge in [0.15, 0.2) is 5.92 Å². The topological polar surface area (TPSA) is 124 Å². The average Bonchev–Trinajstić information content (AvgIpc) is 3.05. The highest BCUT2D eigenvalue weighted by Crippen LogP contribution is 2.36. The second-order valence-electron chi connectivity index (χ2n) is 8.16. The zero-order valence-electron chi connectivity index (χ0n) is 18.8. The Morgan fingerprint density at radius 1 is 1.41 bits per heavy atom. The zero-order chi connectivity index (χ0) is 23.9. The van der Waals surface area contributed by atoms with Crippen molar-refractivity contribution in [1.29, 1.82) is 5.26 Å². The summed E-state index contributed by atoms with van der Waals surface area (Å²) in [7, 11) is 0. The first-order valence-electron chi connectivity index (χ1n) is 10.3. The lowest BCUT2D eigenvalue weighted by Crippen LogP contribution is -2.41. The van der Waals surface area contributed by atoms with Gasteiger partial charge in [0.1, 0.15) is 28.9 Å². The molecule has 2 heterocycles. The maximum atomic E-state index is 12.9. The minimum atomic E-state index is -1.09. The molecule has 10 heteroatoms. The number of rotatable bonds is 9. The molecule has 1 aromatic heterocycles. The summed E-state index contributed by atoms with van der Waals surface area (Å²) in [6.07, 6.45) is 1.43. The van der Waals surface area contributed by atoms with Crippen molar-refractivity contribution in [1.82, 2.24) is 9.88 Å². The molecular formula is C22H29N5O4S. The van der Waals surface area contributed by atoms with Crippen molar-refractivity contribution in [3.8, 4) is 6.07 Å². The largest absolute Gasteiger partial charge is 0.460 e. The van der Waals surface area contributed by atoms with E-state index in [1.165, 1.54) is 22.7 Å². The van der Waals surface area contributed by atoms with Gasteiger partial charge in [-0.1, -0.05) is 39.5 Å². The molecule has 3 atom stereocenters. The Balaban J connectivity index is 2.06. The van der Waals surface area contributed by atoms with Gasteiger partial charge in [-0.05, 0) is 19.1 Å². The minimum Gasteiger partial charge on any atom is -0.460 e. The van der Waals surface area contributed by atoms with E-state index >= 15 is 0 Å². The van der Waals surface area contributed by atoms with Crippen LogP contribution in [0.15, 0.2) is 30.9 Å². The summed E-state index contributed by atoms with van der Waals surface area (Å²) in [5.41, 5.74) is -0.555. The van der Waals surface area contributed by atoms with Crippen LogP contribution < -0.4 is 10.6 Å². The second-order valence-corrected chi connectivity index (χ2v) is 9.48. The third-order valence-electron chi connectivity index (χ3n) is 4.67. The third-order valence-corrected chi connectivity index (χ3v) is 6.17. The fourth-order valence-corrected chi connectivity index (χ4v) is 4.40. The molecule has 0 radical (unpaired) electrons. The van der Waals surface area contributed by atoms with Crippen LogP contribution >= 0.6 is 11.8 Å². The number of carbonyl (C=O) groups is 3. The molecule has 1 fully saturated rings. The fraction of sp³-hybridized carbons (Fsp3) is 0.500. The van der Waals surface area contributed by atoms with Gasteiger partial charge >= 0.3 is 5.97 Å². The zero-order valence-corrected chi connectivity index (χ0v) is 19.6. The maximum Gasteiger partial charge on any atom is 0.326 e. The molecule has 0 aromatic carbocycles. The fourth-order valence-electron chi connectivity index (χ4n) is 2.91. The second kappa shape index (κ2) is 11.0. The van der Waals surface area contributed by atoms with Gasteiger partial charge in [-0.15, -0.1) is 11.8 Å². The molecule has 172 valence electrons. The van der Waals surface area contributed by atoms with E-state index in [0.29, 0.717) is 18.2 Å². The molecule has 1 aromatic rings. The van der Waals surface area contributed by atoms with Crippen LogP contribution in [0.4, 0.5) is 11.6 Å². The Hall–Kier alpha value is -3.06. The van der Waals surface area contributed by atoms with Crippen molar-refractivity contribution in [3.05, 3.63) is 30.9 Å². The molecule has 0 spiro atoms. The standard InChI is InChI=1S/C22H29N5O4S/c1-6-11-31-20(29)14(12-23)19-27(7-2)18(28)15(32-19)13-24-16-9-8-10-17(25-16)26-21(30)22(3,4)5/h6,8-10,14-15,19H,1,7,11,13H2,2-5H3,(H2,24,25,26,30)/t14-,15+,19?/m0/s1. The van der Waals surface area contributed by atoms with Crippen LogP contribution in [0.5, 0.6) is 0 Å². The summed E-state index contributed by atoms with van der Waals surface area (Å²) in [5, 5.41) is 14.3. The van der Waals surface area contributed by atoms with Gasteiger partial charge in [-0.25, -0.2) is 4.98 Å². The highest BCUT2D eigenvalue weighted by Gasteiger charge is 2.46. The average molecular weight is 460 g/mol. The Morgan fingerprint density at radius 2 is 2.09 bits per heavy atom. The number of hydrogen-bond acceptors (Lipinski definition) is 8. The van der Waals surface area contributed by atoms with E-state index < -0.39 is 27.9 Å². The molecule has 0 bridgehead atoms. The monoisotopic (exact) mass is 459 g/mol. The Labute approximate surface area is 192 Å². The Bertz CT molecular complexity index is 908. The molecule has 2 N–H and O–H groups in total. The third kappa shape index (κ3) is 6.23. The molecule has 32 heavy (non-hydrogen) atoms. The predicted octanol–water partition coefficient (Wildman–Crippen LogP) is 2.64. The molecule has 1 aliphatic rings. The minimum absolute atomic E-state index is 0.00716. The maximum absolute atomic E-state index is 12.9. The Morgan fingerprint density at radius 3 is 2.69 bits per heavy atom. The molecule has 1 unspecified atom stereocenters. The van der Waals surface area contributed by atoms with E-state index in [9.17, 15) is 19.6 Å². The van der Waals surface area contributed by atoms with E-state index in [2.05, 4.69) is 22.2 Å². The van der Waals surface area contributed by atoms with E-state index in [-0.39, 0.29) is 25.0 Å². The number of nitrogens with zero attached hydrogens (tertiary/aromatic N) is 3. The summed E-state index contributed by atoms with van der Waals surface area (Å²) >= 11 is 1.25. The lowest BCUT2D eigenvalue weighted by atomic mass is 9.96. The van der Waals surface area contributed by atoms with Gasteiger partial charge in [0, 0.05) is 18.5 Å². The summed E-state index contributed by atoms with van der Waals surface area (Å²) < 4.78 is 5.03. The summed E-state index contributed by atoms with van der Waals surface area (Å²) in [5.74, 6) is -1.18. The normalized spacial score (nSPS) is 19.1. The van der Waals surface area contributed by atoms with Crippen molar-refractivity contribution in [2.75, 3.05) is 30.3 Å². The predicted molar refractivity (Wildman–Crippen MR) is 124 cm³/mol. The van der Waals surface area contributed by atoms with Crippen LogP contribution in [-0.2, 0) is 19.1 Å². The number of anilines is 2. The van der Waals surface area contributed by atoms with Crippen LogP contribution in [0.25, 0.3) is 0 Å². The smallest absolute Gasteiger partial charge is 0.326 e. The quantitative estimate of drug-likeness (QED) is 0.427. The van der Waals surface area contributed by atoms with Crippen LogP contribution in [0.1, 0.15) is 27.7 Å². The lowest BCUT2D eigenvalue weighted by molar-refractivity contribution is -0.146. The molecule has 0 saturated carbocycles. The highest BCUT2D eigenvalue weighted by atomic mass is 32.2.